The fraction of sp³-hybridized carbons (Fsp3) is 1.00. The Balaban J connectivity index is 3.68. The van der Waals surface area contributed by atoms with E-state index in [1.807, 2.05) is 13.8 Å². The van der Waals surface area contributed by atoms with E-state index in [9.17, 15) is 10.2 Å². The molecule has 0 aliphatic heterocycles. The second-order valence-electron chi connectivity index (χ2n) is 3.83. The van der Waals surface area contributed by atoms with E-state index in [1.54, 1.807) is 13.8 Å². The van der Waals surface area contributed by atoms with Gasteiger partial charge in [0.15, 0.2) is 0 Å². The van der Waals surface area contributed by atoms with E-state index in [2.05, 4.69) is 0 Å². The van der Waals surface area contributed by atoms with Crippen LogP contribution in [0.3, 0.4) is 0 Å². The topological polar surface area (TPSA) is 40.5 Å². The SMILES string of the molecule is CC(C)C(O)CC(C)(C)O. The molecule has 1 atom stereocenters. The number of hydrogen-bond donors (Lipinski definition) is 2. The van der Waals surface area contributed by atoms with E-state index in [4.69, 9.17) is 0 Å². The molecule has 1 unspecified atom stereocenters. The zero-order valence-electron chi connectivity index (χ0n) is 7.26. The van der Waals surface area contributed by atoms with Crippen LogP contribution >= 0.6 is 0 Å². The molecule has 0 saturated carbocycles. The molecule has 0 rings (SSSR count). The van der Waals surface area contributed by atoms with Crippen molar-refractivity contribution in [3.8, 4) is 0 Å². The molecule has 2 heteroatoms. The van der Waals surface area contributed by atoms with Crippen LogP contribution in [0.25, 0.3) is 0 Å². The summed E-state index contributed by atoms with van der Waals surface area (Å²) in [7, 11) is 0. The summed E-state index contributed by atoms with van der Waals surface area (Å²) in [6.45, 7) is 7.30. The third kappa shape index (κ3) is 4.77. The molecule has 62 valence electrons. The van der Waals surface area contributed by atoms with E-state index in [0.717, 1.165) is 0 Å². The van der Waals surface area contributed by atoms with E-state index < -0.39 is 5.60 Å². The highest BCUT2D eigenvalue weighted by Crippen LogP contribution is 2.15. The number of rotatable bonds is 3. The summed E-state index contributed by atoms with van der Waals surface area (Å²) in [6.07, 6.45) is 0.0602. The van der Waals surface area contributed by atoms with Crippen LogP contribution < -0.4 is 0 Å². The van der Waals surface area contributed by atoms with E-state index in [1.165, 1.54) is 0 Å². The minimum absolute atomic E-state index is 0.228. The number of hydrogen-bond acceptors (Lipinski definition) is 2. The average Bonchev–Trinajstić information content (AvgIpc) is 1.60. The lowest BCUT2D eigenvalue weighted by atomic mass is 9.94. The summed E-state index contributed by atoms with van der Waals surface area (Å²) in [5.74, 6) is 0.228. The highest BCUT2D eigenvalue weighted by atomic mass is 16.3. The molecule has 0 fully saturated rings. The maximum atomic E-state index is 9.30. The Kier molecular flexibility index (Phi) is 3.33. The quantitative estimate of drug-likeness (QED) is 0.627. The Bertz CT molecular complexity index is 91.9. The molecule has 0 spiro atoms. The first-order chi connectivity index (χ1) is 4.33. The largest absolute Gasteiger partial charge is 0.393 e. The van der Waals surface area contributed by atoms with Crippen molar-refractivity contribution in [2.24, 2.45) is 5.92 Å². The summed E-state index contributed by atoms with van der Waals surface area (Å²) < 4.78 is 0. The highest BCUT2D eigenvalue weighted by molar-refractivity contribution is 4.72. The van der Waals surface area contributed by atoms with Crippen molar-refractivity contribution < 1.29 is 10.2 Å². The Morgan fingerprint density at radius 1 is 1.30 bits per heavy atom. The van der Waals surface area contributed by atoms with Gasteiger partial charge in [-0.15, -0.1) is 0 Å². The Labute approximate surface area is 62.9 Å². The van der Waals surface area contributed by atoms with Crippen LogP contribution in [-0.2, 0) is 0 Å². The smallest absolute Gasteiger partial charge is 0.0616 e. The minimum Gasteiger partial charge on any atom is -0.393 e. The fourth-order valence-electron chi connectivity index (χ4n) is 0.748. The third-order valence-corrected chi connectivity index (χ3v) is 1.48. The van der Waals surface area contributed by atoms with Crippen molar-refractivity contribution in [2.45, 2.75) is 45.8 Å². The third-order valence-electron chi connectivity index (χ3n) is 1.48. The van der Waals surface area contributed by atoms with E-state index in [-0.39, 0.29) is 12.0 Å². The van der Waals surface area contributed by atoms with Gasteiger partial charge in [0.1, 0.15) is 0 Å². The molecule has 0 aromatic rings. The maximum absolute atomic E-state index is 9.30. The van der Waals surface area contributed by atoms with Gasteiger partial charge in [-0.25, -0.2) is 0 Å². The summed E-state index contributed by atoms with van der Waals surface area (Å²) >= 11 is 0. The molecule has 0 saturated heterocycles. The summed E-state index contributed by atoms with van der Waals surface area (Å²) in [5, 5.41) is 18.6. The molecule has 2 nitrogen and oxygen atoms in total. The van der Waals surface area contributed by atoms with E-state index in [0.29, 0.717) is 6.42 Å². The molecule has 0 bridgehead atoms. The molecule has 0 aliphatic carbocycles. The van der Waals surface area contributed by atoms with Gasteiger partial charge in [-0.05, 0) is 19.8 Å². The Morgan fingerprint density at radius 2 is 1.70 bits per heavy atom. The monoisotopic (exact) mass is 146 g/mol. The highest BCUT2D eigenvalue weighted by Gasteiger charge is 2.20. The van der Waals surface area contributed by atoms with Crippen LogP contribution in [0.4, 0.5) is 0 Å². The normalized spacial score (nSPS) is 15.9. The van der Waals surface area contributed by atoms with Crippen molar-refractivity contribution >= 4 is 0 Å². The number of aliphatic hydroxyl groups excluding tert-OH is 1. The van der Waals surface area contributed by atoms with Crippen molar-refractivity contribution in [2.75, 3.05) is 0 Å². The first-order valence-electron chi connectivity index (χ1n) is 3.73. The van der Waals surface area contributed by atoms with Crippen molar-refractivity contribution in [3.05, 3.63) is 0 Å². The van der Waals surface area contributed by atoms with E-state index >= 15 is 0 Å². The van der Waals surface area contributed by atoms with Crippen LogP contribution in [-0.4, -0.2) is 21.9 Å². The Morgan fingerprint density at radius 3 is 1.80 bits per heavy atom. The molecule has 0 amide bonds. The molecule has 0 aromatic carbocycles. The summed E-state index contributed by atoms with van der Waals surface area (Å²) in [5.41, 5.74) is -0.746. The average molecular weight is 146 g/mol. The van der Waals surface area contributed by atoms with Crippen LogP contribution in [0.1, 0.15) is 34.1 Å². The predicted octanol–water partition coefficient (Wildman–Crippen LogP) is 1.16. The fourth-order valence-corrected chi connectivity index (χ4v) is 0.748. The van der Waals surface area contributed by atoms with Gasteiger partial charge < -0.3 is 10.2 Å². The maximum Gasteiger partial charge on any atom is 0.0616 e. The van der Waals surface area contributed by atoms with Crippen molar-refractivity contribution in [3.63, 3.8) is 0 Å². The lowest BCUT2D eigenvalue weighted by Gasteiger charge is -2.23. The van der Waals surface area contributed by atoms with Crippen LogP contribution in [0.15, 0.2) is 0 Å². The molecular weight excluding hydrogens is 128 g/mol. The van der Waals surface area contributed by atoms with Gasteiger partial charge in [0.25, 0.3) is 0 Å². The zero-order valence-corrected chi connectivity index (χ0v) is 7.26. The molecule has 2 N–H and O–H groups in total. The molecule has 0 heterocycles. The van der Waals surface area contributed by atoms with Crippen LogP contribution in [0, 0.1) is 5.92 Å². The van der Waals surface area contributed by atoms with Gasteiger partial charge >= 0.3 is 0 Å². The first-order valence-corrected chi connectivity index (χ1v) is 3.73. The number of aliphatic hydroxyl groups is 2. The standard InChI is InChI=1S/C8H18O2/c1-6(2)7(9)5-8(3,4)10/h6-7,9-10H,5H2,1-4H3. The van der Waals surface area contributed by atoms with Gasteiger partial charge in [0.05, 0.1) is 11.7 Å². The molecular formula is C8H18O2. The zero-order chi connectivity index (χ0) is 8.36. The first kappa shape index (κ1) is 9.92. The lowest BCUT2D eigenvalue weighted by molar-refractivity contribution is 0.00211. The van der Waals surface area contributed by atoms with Crippen LogP contribution in [0.5, 0.6) is 0 Å². The van der Waals surface area contributed by atoms with Gasteiger partial charge in [0.2, 0.25) is 0 Å². The second-order valence-corrected chi connectivity index (χ2v) is 3.83. The summed E-state index contributed by atoms with van der Waals surface area (Å²) in [6, 6.07) is 0. The molecule has 0 aliphatic rings. The van der Waals surface area contributed by atoms with Gasteiger partial charge in [-0.3, -0.25) is 0 Å². The second kappa shape index (κ2) is 3.35. The molecule has 10 heavy (non-hydrogen) atoms. The Hall–Kier alpha value is -0.0800. The van der Waals surface area contributed by atoms with Gasteiger partial charge in [-0.2, -0.15) is 0 Å². The van der Waals surface area contributed by atoms with Crippen molar-refractivity contribution in [1.82, 2.24) is 0 Å². The minimum atomic E-state index is -0.746. The lowest BCUT2D eigenvalue weighted by Crippen LogP contribution is -2.29. The molecule has 0 radical (unpaired) electrons. The molecule has 0 aromatic heterocycles. The summed E-state index contributed by atoms with van der Waals surface area (Å²) in [4.78, 5) is 0. The van der Waals surface area contributed by atoms with Gasteiger partial charge in [0, 0.05) is 6.42 Å². The van der Waals surface area contributed by atoms with Gasteiger partial charge in [-0.1, -0.05) is 13.8 Å². The van der Waals surface area contributed by atoms with Crippen LogP contribution in [0.2, 0.25) is 0 Å². The van der Waals surface area contributed by atoms with Crippen molar-refractivity contribution in [1.29, 1.82) is 0 Å². The predicted molar refractivity (Wildman–Crippen MR) is 41.8 cm³/mol.